The van der Waals surface area contributed by atoms with E-state index in [4.69, 9.17) is 11.6 Å². The molecule has 2 aromatic heterocycles. The Morgan fingerprint density at radius 2 is 1.94 bits per heavy atom. The van der Waals surface area contributed by atoms with E-state index in [1.807, 2.05) is 6.92 Å². The van der Waals surface area contributed by atoms with Crippen LogP contribution in [0.4, 0.5) is 0 Å². The molecule has 0 unspecified atom stereocenters. The van der Waals surface area contributed by atoms with Gasteiger partial charge in [-0.3, -0.25) is 0 Å². The molecule has 11 heteroatoms. The summed E-state index contributed by atoms with van der Waals surface area (Å²) in [6.45, 7) is 5.14. The molecule has 31 heavy (non-hydrogen) atoms. The number of aliphatic hydroxyl groups excluding tert-OH is 1. The highest BCUT2D eigenvalue weighted by molar-refractivity contribution is 7.89. The van der Waals surface area contributed by atoms with Gasteiger partial charge in [0.15, 0.2) is 0 Å². The zero-order valence-electron chi connectivity index (χ0n) is 17.5. The van der Waals surface area contributed by atoms with Crippen LogP contribution in [0.5, 0.6) is 0 Å². The number of sulfonamides is 1. The van der Waals surface area contributed by atoms with E-state index in [0.29, 0.717) is 52.6 Å². The molecule has 2 heterocycles. The average molecular weight is 485 g/mol. The highest BCUT2D eigenvalue weighted by Gasteiger charge is 2.28. The summed E-state index contributed by atoms with van der Waals surface area (Å²) in [6, 6.07) is 4.59. The fourth-order valence-corrected chi connectivity index (χ4v) is 6.54. The molecule has 3 N–H and O–H groups in total. The van der Waals surface area contributed by atoms with E-state index >= 15 is 0 Å². The number of benzene rings is 1. The van der Waals surface area contributed by atoms with Crippen molar-refractivity contribution in [1.29, 1.82) is 0 Å². The van der Waals surface area contributed by atoms with Crippen LogP contribution in [0.2, 0.25) is 5.02 Å². The Balaban J connectivity index is 1.73. The van der Waals surface area contributed by atoms with Crippen molar-refractivity contribution in [3.8, 4) is 11.3 Å². The zero-order chi connectivity index (χ0) is 22.6. The Morgan fingerprint density at radius 3 is 2.58 bits per heavy atom. The van der Waals surface area contributed by atoms with E-state index in [1.165, 1.54) is 17.4 Å². The first-order valence-electron chi connectivity index (χ1n) is 10.0. The molecule has 1 aliphatic carbocycles. The molecule has 3 aromatic rings. The molecule has 1 fully saturated rings. The van der Waals surface area contributed by atoms with Crippen molar-refractivity contribution in [3.05, 3.63) is 33.9 Å². The van der Waals surface area contributed by atoms with Gasteiger partial charge >= 0.3 is 0 Å². The van der Waals surface area contributed by atoms with Crippen LogP contribution in [-0.4, -0.2) is 45.4 Å². The van der Waals surface area contributed by atoms with Crippen molar-refractivity contribution >= 4 is 37.9 Å². The second kappa shape index (κ2) is 8.09. The highest BCUT2D eigenvalue weighted by Crippen LogP contribution is 2.34. The number of fused-ring (bicyclic) bond motifs is 1. The number of imidazole rings is 1. The predicted octanol–water partition coefficient (Wildman–Crippen LogP) is 3.23. The van der Waals surface area contributed by atoms with E-state index in [2.05, 4.69) is 14.8 Å². The Labute approximate surface area is 190 Å². The molecule has 0 amide bonds. The third-order valence-electron chi connectivity index (χ3n) is 5.41. The normalized spacial score (nSPS) is 20.5. The van der Waals surface area contributed by atoms with Gasteiger partial charge in [-0.2, -0.15) is 5.10 Å². The maximum absolute atomic E-state index is 13.1. The van der Waals surface area contributed by atoms with Crippen LogP contribution < -0.4 is 4.72 Å². The summed E-state index contributed by atoms with van der Waals surface area (Å²) in [6.07, 6.45) is 1.94. The van der Waals surface area contributed by atoms with Crippen molar-refractivity contribution in [2.75, 3.05) is 0 Å². The first-order chi connectivity index (χ1) is 14.5. The Hall–Kier alpha value is -1.56. The van der Waals surface area contributed by atoms with Gasteiger partial charge in [-0.05, 0) is 58.6 Å². The number of aryl methyl sites for hydroxylation is 1. The summed E-state index contributed by atoms with van der Waals surface area (Å²) in [4.78, 5) is 5.13. The average Bonchev–Trinajstić information content (AvgIpc) is 3.21. The van der Waals surface area contributed by atoms with E-state index in [0.717, 1.165) is 0 Å². The van der Waals surface area contributed by atoms with Gasteiger partial charge in [-0.25, -0.2) is 22.6 Å². The van der Waals surface area contributed by atoms with Gasteiger partial charge in [0.1, 0.15) is 15.5 Å². The van der Waals surface area contributed by atoms with E-state index in [1.54, 1.807) is 30.5 Å². The second-order valence-corrected chi connectivity index (χ2v) is 11.5. The molecule has 1 aromatic carbocycles. The van der Waals surface area contributed by atoms with Gasteiger partial charge in [0.25, 0.3) is 0 Å². The molecule has 168 valence electrons. The van der Waals surface area contributed by atoms with Crippen LogP contribution in [0.15, 0.2) is 23.1 Å². The molecule has 1 aliphatic rings. The van der Waals surface area contributed by atoms with Crippen LogP contribution in [0.3, 0.4) is 0 Å². The van der Waals surface area contributed by atoms with Crippen LogP contribution in [0, 0.1) is 6.92 Å². The number of aliphatic hydroxyl groups is 2. The summed E-state index contributed by atoms with van der Waals surface area (Å²) in [5, 5.41) is 25.1. The summed E-state index contributed by atoms with van der Waals surface area (Å²) in [5.41, 5.74) is 0.848. The van der Waals surface area contributed by atoms with E-state index in [-0.39, 0.29) is 22.1 Å². The van der Waals surface area contributed by atoms with Gasteiger partial charge in [0, 0.05) is 11.6 Å². The third kappa shape index (κ3) is 4.50. The number of aromatic nitrogens is 3. The SMILES string of the molecule is Cc1nc2sc(C(C)(C)O)nn2c1-c1ccc(Cl)c(S(=O)(=O)NC2CCC(O)CC2)c1. The van der Waals surface area contributed by atoms with E-state index < -0.39 is 15.6 Å². The quantitative estimate of drug-likeness (QED) is 0.512. The molecule has 8 nitrogen and oxygen atoms in total. The van der Waals surface area contributed by atoms with Gasteiger partial charge in [-0.1, -0.05) is 29.0 Å². The molecule has 0 aliphatic heterocycles. The fourth-order valence-electron chi connectivity index (χ4n) is 3.76. The number of nitrogens with one attached hydrogen (secondary N) is 1. The summed E-state index contributed by atoms with van der Waals surface area (Å²) in [7, 11) is -3.86. The maximum atomic E-state index is 13.1. The van der Waals surface area contributed by atoms with Crippen LogP contribution >= 0.6 is 22.9 Å². The van der Waals surface area contributed by atoms with Gasteiger partial charge in [0.2, 0.25) is 15.0 Å². The Morgan fingerprint density at radius 1 is 1.26 bits per heavy atom. The molecule has 1 saturated carbocycles. The third-order valence-corrected chi connectivity index (χ3v) is 8.64. The molecule has 0 atom stereocenters. The maximum Gasteiger partial charge on any atom is 0.242 e. The summed E-state index contributed by atoms with van der Waals surface area (Å²) >= 11 is 7.56. The molecular formula is C20H25ClN4O4S2. The first kappa shape index (κ1) is 22.6. The van der Waals surface area contributed by atoms with Gasteiger partial charge in [0.05, 0.1) is 22.5 Å². The molecular weight excluding hydrogens is 460 g/mol. The van der Waals surface area contributed by atoms with Crippen molar-refractivity contribution < 1.29 is 18.6 Å². The zero-order valence-corrected chi connectivity index (χ0v) is 19.9. The Kier molecular flexibility index (Phi) is 5.91. The Bertz CT molecular complexity index is 1220. The number of rotatable bonds is 5. The number of nitrogens with zero attached hydrogens (tertiary/aromatic N) is 3. The second-order valence-electron chi connectivity index (χ2n) is 8.48. The standard InChI is InChI=1S/C20H25ClN4O4S2/c1-11-17(25-19(22-11)30-18(23-25)20(2,3)27)12-4-9-15(21)16(10-12)31(28,29)24-13-5-7-14(26)8-6-13/h4,9-10,13-14,24,26-27H,5-8H2,1-3H3. The van der Waals surface area contributed by atoms with Crippen molar-refractivity contribution in [1.82, 2.24) is 19.3 Å². The number of halogens is 1. The van der Waals surface area contributed by atoms with Crippen molar-refractivity contribution in [2.24, 2.45) is 0 Å². The first-order valence-corrected chi connectivity index (χ1v) is 12.7. The van der Waals surface area contributed by atoms with Crippen LogP contribution in [0.25, 0.3) is 16.2 Å². The molecule has 0 bridgehead atoms. The minimum absolute atomic E-state index is 0.00919. The largest absolute Gasteiger partial charge is 0.393 e. The summed E-state index contributed by atoms with van der Waals surface area (Å²) < 4.78 is 30.5. The number of hydrogen-bond donors (Lipinski definition) is 3. The monoisotopic (exact) mass is 484 g/mol. The number of hydrogen-bond acceptors (Lipinski definition) is 7. The van der Waals surface area contributed by atoms with Crippen molar-refractivity contribution in [2.45, 2.75) is 69.1 Å². The minimum atomic E-state index is -3.86. The predicted molar refractivity (Wildman–Crippen MR) is 120 cm³/mol. The lowest BCUT2D eigenvalue weighted by Gasteiger charge is -2.26. The minimum Gasteiger partial charge on any atom is -0.393 e. The van der Waals surface area contributed by atoms with Crippen LogP contribution in [-0.2, 0) is 15.6 Å². The fraction of sp³-hybridized carbons (Fsp3) is 0.500. The molecule has 4 rings (SSSR count). The lowest BCUT2D eigenvalue weighted by Crippen LogP contribution is -2.38. The van der Waals surface area contributed by atoms with Gasteiger partial charge in [-0.15, -0.1) is 0 Å². The lowest BCUT2D eigenvalue weighted by molar-refractivity contribution is 0.0773. The molecule has 0 radical (unpaired) electrons. The van der Waals surface area contributed by atoms with Gasteiger partial charge < -0.3 is 10.2 Å². The summed E-state index contributed by atoms with van der Waals surface area (Å²) in [5.74, 6) is 0. The smallest absolute Gasteiger partial charge is 0.242 e. The van der Waals surface area contributed by atoms with Crippen molar-refractivity contribution in [3.63, 3.8) is 0 Å². The molecule has 0 spiro atoms. The highest BCUT2D eigenvalue weighted by atomic mass is 35.5. The van der Waals surface area contributed by atoms with E-state index in [9.17, 15) is 18.6 Å². The molecule has 0 saturated heterocycles. The van der Waals surface area contributed by atoms with Crippen LogP contribution in [0.1, 0.15) is 50.2 Å². The topological polar surface area (TPSA) is 117 Å². The lowest BCUT2D eigenvalue weighted by atomic mass is 9.94.